The van der Waals surface area contributed by atoms with Gasteiger partial charge in [-0.2, -0.15) is 5.10 Å². The normalized spacial score (nSPS) is 11.7. The summed E-state index contributed by atoms with van der Waals surface area (Å²) in [6.45, 7) is 0. The summed E-state index contributed by atoms with van der Waals surface area (Å²) < 4.78 is 0. The Labute approximate surface area is 189 Å². The molecular formula is C23H19ClN4O4. The van der Waals surface area contributed by atoms with E-state index in [9.17, 15) is 19.7 Å². The zero-order chi connectivity index (χ0) is 22.9. The molecular weight excluding hydrogens is 432 g/mol. The molecule has 0 spiro atoms. The lowest BCUT2D eigenvalue weighted by molar-refractivity contribution is -0.384. The molecule has 0 aliphatic rings. The molecule has 0 bridgehead atoms. The summed E-state index contributed by atoms with van der Waals surface area (Å²) in [5, 5.41) is 18.3. The van der Waals surface area contributed by atoms with E-state index < -0.39 is 22.8 Å². The van der Waals surface area contributed by atoms with Crippen LogP contribution in [0.2, 0.25) is 5.02 Å². The number of nitro benzene ring substituents is 1. The monoisotopic (exact) mass is 450 g/mol. The number of rotatable bonds is 8. The molecule has 0 heterocycles. The topological polar surface area (TPSA) is 114 Å². The highest BCUT2D eigenvalue weighted by Gasteiger charge is 2.21. The Hall–Kier alpha value is -4.04. The van der Waals surface area contributed by atoms with Crippen molar-refractivity contribution in [2.75, 3.05) is 0 Å². The van der Waals surface area contributed by atoms with Crippen LogP contribution in [0.15, 0.2) is 84.0 Å². The van der Waals surface area contributed by atoms with Gasteiger partial charge >= 0.3 is 0 Å². The average molecular weight is 451 g/mol. The van der Waals surface area contributed by atoms with Gasteiger partial charge in [0.05, 0.1) is 23.6 Å². The third-order valence-electron chi connectivity index (χ3n) is 4.51. The molecule has 8 nitrogen and oxygen atoms in total. The van der Waals surface area contributed by atoms with E-state index in [0.29, 0.717) is 21.7 Å². The van der Waals surface area contributed by atoms with E-state index in [1.54, 1.807) is 60.7 Å². The summed E-state index contributed by atoms with van der Waals surface area (Å²) in [5.41, 5.74) is 3.71. The Bertz CT molecular complexity index is 1150. The van der Waals surface area contributed by atoms with Gasteiger partial charge in [-0.05, 0) is 23.8 Å². The summed E-state index contributed by atoms with van der Waals surface area (Å²) in [6, 6.07) is 20.4. The molecule has 0 aliphatic heterocycles. The van der Waals surface area contributed by atoms with Crippen LogP contribution in [0.1, 0.15) is 33.9 Å². The second-order valence-electron chi connectivity index (χ2n) is 6.76. The number of nitrogens with one attached hydrogen (secondary N) is 2. The first-order valence-corrected chi connectivity index (χ1v) is 9.98. The van der Waals surface area contributed by atoms with Crippen molar-refractivity contribution in [1.82, 2.24) is 10.7 Å². The van der Waals surface area contributed by atoms with Crippen LogP contribution in [-0.4, -0.2) is 23.0 Å². The molecule has 0 aliphatic carbocycles. The molecule has 0 saturated heterocycles. The van der Waals surface area contributed by atoms with Gasteiger partial charge in [0.25, 0.3) is 11.6 Å². The van der Waals surface area contributed by atoms with Crippen LogP contribution in [0.25, 0.3) is 0 Å². The Morgan fingerprint density at radius 2 is 1.75 bits per heavy atom. The number of nitro groups is 1. The Morgan fingerprint density at radius 3 is 2.47 bits per heavy atom. The molecule has 0 fully saturated rings. The third kappa shape index (κ3) is 6.23. The van der Waals surface area contributed by atoms with Crippen molar-refractivity contribution >= 4 is 35.3 Å². The number of carbonyl (C=O) groups excluding carboxylic acids is 2. The van der Waals surface area contributed by atoms with E-state index >= 15 is 0 Å². The van der Waals surface area contributed by atoms with E-state index in [0.717, 1.165) is 0 Å². The van der Waals surface area contributed by atoms with Crippen LogP contribution >= 0.6 is 11.6 Å². The van der Waals surface area contributed by atoms with Crippen LogP contribution in [0.5, 0.6) is 0 Å². The molecule has 1 atom stereocenters. The smallest absolute Gasteiger partial charge is 0.269 e. The molecule has 1 unspecified atom stereocenters. The van der Waals surface area contributed by atoms with Gasteiger partial charge in [0.15, 0.2) is 0 Å². The van der Waals surface area contributed by atoms with Crippen LogP contribution in [0.3, 0.4) is 0 Å². The van der Waals surface area contributed by atoms with Crippen LogP contribution in [0, 0.1) is 10.1 Å². The lowest BCUT2D eigenvalue weighted by Gasteiger charge is -2.18. The minimum absolute atomic E-state index is 0.140. The first kappa shape index (κ1) is 22.6. The second-order valence-corrected chi connectivity index (χ2v) is 7.17. The fourth-order valence-corrected chi connectivity index (χ4v) is 3.11. The zero-order valence-corrected chi connectivity index (χ0v) is 17.5. The maximum absolute atomic E-state index is 12.6. The predicted octanol–water partition coefficient (Wildman–Crippen LogP) is 4.26. The van der Waals surface area contributed by atoms with Gasteiger partial charge in [-0.25, -0.2) is 5.43 Å². The number of non-ortho nitro benzene ring substituents is 1. The third-order valence-corrected chi connectivity index (χ3v) is 4.86. The Morgan fingerprint density at radius 1 is 1.03 bits per heavy atom. The van der Waals surface area contributed by atoms with Gasteiger partial charge < -0.3 is 5.32 Å². The number of nitrogens with zero attached hydrogens (tertiary/aromatic N) is 2. The second kappa shape index (κ2) is 10.8. The van der Waals surface area contributed by atoms with Gasteiger partial charge in [0.2, 0.25) is 5.91 Å². The maximum Gasteiger partial charge on any atom is 0.269 e. The van der Waals surface area contributed by atoms with Crippen LogP contribution < -0.4 is 10.7 Å². The first-order valence-electron chi connectivity index (χ1n) is 9.61. The zero-order valence-electron chi connectivity index (χ0n) is 16.8. The largest absolute Gasteiger partial charge is 0.345 e. The minimum atomic E-state index is -0.807. The molecule has 162 valence electrons. The molecule has 0 aromatic heterocycles. The van der Waals surface area contributed by atoms with Gasteiger partial charge in [0.1, 0.15) is 0 Å². The molecule has 0 saturated carbocycles. The molecule has 32 heavy (non-hydrogen) atoms. The van der Waals surface area contributed by atoms with Crippen molar-refractivity contribution in [3.8, 4) is 0 Å². The highest BCUT2D eigenvalue weighted by Crippen LogP contribution is 2.22. The molecule has 3 aromatic rings. The molecule has 0 radical (unpaired) electrons. The van der Waals surface area contributed by atoms with Gasteiger partial charge in [-0.3, -0.25) is 19.7 Å². The minimum Gasteiger partial charge on any atom is -0.345 e. The Kier molecular flexibility index (Phi) is 7.66. The fraction of sp³-hybridized carbons (Fsp3) is 0.0870. The molecule has 3 rings (SSSR count). The summed E-state index contributed by atoms with van der Waals surface area (Å²) >= 11 is 6.05. The van der Waals surface area contributed by atoms with Gasteiger partial charge in [0, 0.05) is 28.3 Å². The fourth-order valence-electron chi connectivity index (χ4n) is 2.92. The highest BCUT2D eigenvalue weighted by atomic mass is 35.5. The molecule has 9 heteroatoms. The van der Waals surface area contributed by atoms with Crippen molar-refractivity contribution < 1.29 is 14.5 Å². The van der Waals surface area contributed by atoms with Gasteiger partial charge in [-0.15, -0.1) is 0 Å². The number of benzene rings is 3. The lowest BCUT2D eigenvalue weighted by atomic mass is 10.0. The molecule has 3 aromatic carbocycles. The standard InChI is InChI=1S/C23H19ClN4O4/c24-20-12-5-4-9-18(20)15-25-27-22(29)14-21(17-10-6-11-19(13-17)28(31)32)26-23(30)16-7-2-1-3-8-16/h1-13,15,21H,14H2,(H,26,30)(H,27,29). The summed E-state index contributed by atoms with van der Waals surface area (Å²) in [4.78, 5) is 35.8. The molecule has 2 N–H and O–H groups in total. The number of hydrogen-bond donors (Lipinski definition) is 2. The quantitative estimate of drug-likeness (QED) is 0.303. The van der Waals surface area contributed by atoms with Crippen molar-refractivity contribution in [2.24, 2.45) is 5.10 Å². The van der Waals surface area contributed by atoms with E-state index in [2.05, 4.69) is 15.8 Å². The lowest BCUT2D eigenvalue weighted by Crippen LogP contribution is -2.32. The average Bonchev–Trinajstić information content (AvgIpc) is 2.80. The van der Waals surface area contributed by atoms with Crippen molar-refractivity contribution in [2.45, 2.75) is 12.5 Å². The van der Waals surface area contributed by atoms with Crippen molar-refractivity contribution in [3.63, 3.8) is 0 Å². The molecule has 2 amide bonds. The number of carbonyl (C=O) groups is 2. The summed E-state index contributed by atoms with van der Waals surface area (Å²) in [6.07, 6.45) is 1.23. The number of amides is 2. The van der Waals surface area contributed by atoms with Gasteiger partial charge in [-0.1, -0.05) is 60.1 Å². The Balaban J connectivity index is 1.76. The predicted molar refractivity (Wildman–Crippen MR) is 122 cm³/mol. The van der Waals surface area contributed by atoms with E-state index in [1.165, 1.54) is 24.4 Å². The first-order chi connectivity index (χ1) is 15.4. The van der Waals surface area contributed by atoms with Crippen LogP contribution in [-0.2, 0) is 4.79 Å². The SMILES string of the molecule is O=C(CC(NC(=O)c1ccccc1)c1cccc([N+](=O)[O-])c1)NN=Cc1ccccc1Cl. The number of hydrazone groups is 1. The van der Waals surface area contributed by atoms with Crippen molar-refractivity contribution in [3.05, 3.63) is 111 Å². The maximum atomic E-state index is 12.6. The van der Waals surface area contributed by atoms with E-state index in [-0.39, 0.29) is 12.1 Å². The van der Waals surface area contributed by atoms with Crippen molar-refractivity contribution in [1.29, 1.82) is 0 Å². The summed E-state index contributed by atoms with van der Waals surface area (Å²) in [5.74, 6) is -0.896. The summed E-state index contributed by atoms with van der Waals surface area (Å²) in [7, 11) is 0. The van der Waals surface area contributed by atoms with E-state index in [4.69, 9.17) is 11.6 Å². The van der Waals surface area contributed by atoms with E-state index in [1.807, 2.05) is 0 Å². The highest BCUT2D eigenvalue weighted by molar-refractivity contribution is 6.33. The number of hydrogen-bond acceptors (Lipinski definition) is 5. The van der Waals surface area contributed by atoms with Crippen LogP contribution in [0.4, 0.5) is 5.69 Å². The number of halogens is 1.